The molecule has 0 fully saturated rings. The van der Waals surface area contributed by atoms with Gasteiger partial charge in [0.1, 0.15) is 5.76 Å². The van der Waals surface area contributed by atoms with Crippen molar-refractivity contribution in [2.45, 2.75) is 32.9 Å². The van der Waals surface area contributed by atoms with Gasteiger partial charge < -0.3 is 14.6 Å². The molecule has 1 rings (SSSR count). The lowest BCUT2D eigenvalue weighted by molar-refractivity contribution is 0.245. The normalized spacial score (nSPS) is 13.6. The van der Waals surface area contributed by atoms with Crippen molar-refractivity contribution in [1.29, 1.82) is 0 Å². The third-order valence-electron chi connectivity index (χ3n) is 2.78. The van der Waals surface area contributed by atoms with Crippen LogP contribution in [0.15, 0.2) is 16.5 Å². The van der Waals surface area contributed by atoms with E-state index in [-0.39, 0.29) is 0 Å². The van der Waals surface area contributed by atoms with Crippen LogP contribution in [0.25, 0.3) is 0 Å². The summed E-state index contributed by atoms with van der Waals surface area (Å²) in [5.41, 5.74) is 0. The van der Waals surface area contributed by atoms with Crippen LogP contribution in [-0.2, 0) is 6.54 Å². The molecule has 0 saturated heterocycles. The lowest BCUT2D eigenvalue weighted by Crippen LogP contribution is -2.38. The first-order chi connectivity index (χ1) is 7.99. The van der Waals surface area contributed by atoms with E-state index in [1.807, 2.05) is 12.1 Å². The molecule has 1 N–H and O–H groups in total. The molecule has 17 heavy (non-hydrogen) atoms. The Morgan fingerprint density at radius 3 is 2.53 bits per heavy atom. The van der Waals surface area contributed by atoms with Crippen molar-refractivity contribution in [3.63, 3.8) is 0 Å². The van der Waals surface area contributed by atoms with Crippen LogP contribution in [0.1, 0.15) is 26.0 Å². The van der Waals surface area contributed by atoms with Gasteiger partial charge in [-0.25, -0.2) is 0 Å². The quantitative estimate of drug-likeness (QED) is 0.767. The Labute approximate surface area is 118 Å². The minimum absolute atomic E-state index is 0.587. The first kappa shape index (κ1) is 15.0. The maximum atomic E-state index is 5.52. The smallest absolute Gasteiger partial charge is 0.164 e. The Bertz CT molecular complexity index is 323. The van der Waals surface area contributed by atoms with Gasteiger partial charge in [0.2, 0.25) is 0 Å². The van der Waals surface area contributed by atoms with Crippen LogP contribution in [-0.4, -0.2) is 31.6 Å². The van der Waals surface area contributed by atoms with Gasteiger partial charge in [-0.2, -0.15) is 0 Å². The van der Waals surface area contributed by atoms with E-state index in [1.54, 1.807) is 0 Å². The zero-order valence-corrected chi connectivity index (χ0v) is 13.3. The van der Waals surface area contributed by atoms with Crippen molar-refractivity contribution in [1.82, 2.24) is 10.2 Å². The molecule has 0 aliphatic rings. The summed E-state index contributed by atoms with van der Waals surface area (Å²) < 4.78 is 6.47. The van der Waals surface area contributed by atoms with Gasteiger partial charge in [-0.1, -0.05) is 13.8 Å². The van der Waals surface area contributed by atoms with Crippen molar-refractivity contribution in [3.8, 4) is 0 Å². The van der Waals surface area contributed by atoms with E-state index in [2.05, 4.69) is 60.8 Å². The van der Waals surface area contributed by atoms with Crippen LogP contribution in [0, 0.1) is 9.68 Å². The maximum absolute atomic E-state index is 5.52. The highest BCUT2D eigenvalue weighted by Crippen LogP contribution is 2.11. The number of furan rings is 1. The summed E-state index contributed by atoms with van der Waals surface area (Å²) >= 11 is 2.19. The Balaban J connectivity index is 2.31. The molecule has 0 radical (unpaired) electrons. The van der Waals surface area contributed by atoms with E-state index in [1.165, 1.54) is 6.42 Å². The van der Waals surface area contributed by atoms with Gasteiger partial charge in [-0.05, 0) is 61.2 Å². The Morgan fingerprint density at radius 1 is 1.35 bits per heavy atom. The number of likely N-dealkylation sites (N-methyl/N-ethyl adjacent to an activating group) is 1. The largest absolute Gasteiger partial charge is 0.454 e. The van der Waals surface area contributed by atoms with Crippen molar-refractivity contribution < 1.29 is 4.42 Å². The number of hydrogen-bond acceptors (Lipinski definition) is 3. The number of nitrogens with one attached hydrogen (secondary N) is 1. The third kappa shape index (κ3) is 5.88. The van der Waals surface area contributed by atoms with E-state index in [0.29, 0.717) is 6.04 Å². The summed E-state index contributed by atoms with van der Waals surface area (Å²) in [5.74, 6) is 1.74. The zero-order chi connectivity index (χ0) is 12.8. The van der Waals surface area contributed by atoms with E-state index in [9.17, 15) is 0 Å². The fourth-order valence-electron chi connectivity index (χ4n) is 1.83. The highest BCUT2D eigenvalue weighted by Gasteiger charge is 2.12. The van der Waals surface area contributed by atoms with E-state index in [0.717, 1.165) is 28.5 Å². The predicted octanol–water partition coefficient (Wildman–Crippen LogP) is 2.95. The number of nitrogens with zero attached hydrogens (tertiary/aromatic N) is 1. The molecule has 0 saturated carbocycles. The second-order valence-electron chi connectivity index (χ2n) is 5.08. The van der Waals surface area contributed by atoms with Crippen molar-refractivity contribution in [3.05, 3.63) is 21.7 Å². The first-order valence-corrected chi connectivity index (χ1v) is 7.18. The summed E-state index contributed by atoms with van der Waals surface area (Å²) in [6.07, 6.45) is 1.22. The topological polar surface area (TPSA) is 28.4 Å². The van der Waals surface area contributed by atoms with Crippen LogP contribution < -0.4 is 5.32 Å². The standard InChI is InChI=1S/C13H23IN2O/c1-10(2)7-11(16(3)4)8-15-9-12-5-6-13(14)17-12/h5-6,10-11,15H,7-9H2,1-4H3. The molecular formula is C13H23IN2O. The lowest BCUT2D eigenvalue weighted by atomic mass is 10.0. The van der Waals surface area contributed by atoms with Gasteiger partial charge in [0, 0.05) is 12.6 Å². The average Bonchev–Trinajstić information content (AvgIpc) is 2.62. The summed E-state index contributed by atoms with van der Waals surface area (Å²) in [4.78, 5) is 2.29. The molecule has 1 atom stereocenters. The third-order valence-corrected chi connectivity index (χ3v) is 3.36. The van der Waals surface area contributed by atoms with Gasteiger partial charge in [0.15, 0.2) is 3.77 Å². The SMILES string of the molecule is CC(C)CC(CNCc1ccc(I)o1)N(C)C. The summed E-state index contributed by atoms with van der Waals surface area (Å²) in [7, 11) is 4.29. The molecule has 1 heterocycles. The van der Waals surface area contributed by atoms with Crippen molar-refractivity contribution in [2.24, 2.45) is 5.92 Å². The Hall–Kier alpha value is -0.0700. The molecule has 3 nitrogen and oxygen atoms in total. The van der Waals surface area contributed by atoms with Crippen LogP contribution in [0.5, 0.6) is 0 Å². The number of rotatable bonds is 7. The fourth-order valence-corrected chi connectivity index (χ4v) is 2.29. The highest BCUT2D eigenvalue weighted by atomic mass is 127. The fraction of sp³-hybridized carbons (Fsp3) is 0.692. The molecule has 98 valence electrons. The number of halogens is 1. The molecule has 0 bridgehead atoms. The minimum Gasteiger partial charge on any atom is -0.454 e. The Kier molecular flexibility index (Phi) is 6.51. The molecule has 0 spiro atoms. The predicted molar refractivity (Wildman–Crippen MR) is 80.1 cm³/mol. The van der Waals surface area contributed by atoms with Crippen LogP contribution >= 0.6 is 22.6 Å². The van der Waals surface area contributed by atoms with Gasteiger partial charge in [0.05, 0.1) is 6.54 Å². The molecule has 1 aromatic heterocycles. The number of hydrogen-bond donors (Lipinski definition) is 1. The van der Waals surface area contributed by atoms with Crippen LogP contribution in [0.4, 0.5) is 0 Å². The zero-order valence-electron chi connectivity index (χ0n) is 11.2. The second-order valence-corrected chi connectivity index (χ2v) is 6.15. The molecule has 0 amide bonds. The highest BCUT2D eigenvalue weighted by molar-refractivity contribution is 14.1. The van der Waals surface area contributed by atoms with Crippen molar-refractivity contribution >= 4 is 22.6 Å². The van der Waals surface area contributed by atoms with Gasteiger partial charge in [0.25, 0.3) is 0 Å². The molecule has 4 heteroatoms. The van der Waals surface area contributed by atoms with Crippen LogP contribution in [0.2, 0.25) is 0 Å². The van der Waals surface area contributed by atoms with Gasteiger partial charge in [-0.3, -0.25) is 0 Å². The molecule has 1 aromatic rings. The second kappa shape index (κ2) is 7.38. The molecule has 0 aromatic carbocycles. The minimum atomic E-state index is 0.587. The van der Waals surface area contributed by atoms with E-state index in [4.69, 9.17) is 4.42 Å². The molecule has 0 aliphatic heterocycles. The van der Waals surface area contributed by atoms with Gasteiger partial charge >= 0.3 is 0 Å². The monoisotopic (exact) mass is 350 g/mol. The lowest BCUT2D eigenvalue weighted by Gasteiger charge is -2.26. The average molecular weight is 350 g/mol. The summed E-state index contributed by atoms with van der Waals surface area (Å²) in [6, 6.07) is 4.61. The Morgan fingerprint density at radius 2 is 2.06 bits per heavy atom. The van der Waals surface area contributed by atoms with E-state index >= 15 is 0 Å². The molecule has 0 aliphatic carbocycles. The first-order valence-electron chi connectivity index (χ1n) is 6.10. The van der Waals surface area contributed by atoms with Crippen LogP contribution in [0.3, 0.4) is 0 Å². The maximum Gasteiger partial charge on any atom is 0.164 e. The van der Waals surface area contributed by atoms with E-state index < -0.39 is 0 Å². The molecule has 1 unspecified atom stereocenters. The summed E-state index contributed by atoms with van der Waals surface area (Å²) in [5, 5.41) is 3.46. The summed E-state index contributed by atoms with van der Waals surface area (Å²) in [6.45, 7) is 6.35. The molecular weight excluding hydrogens is 327 g/mol. The van der Waals surface area contributed by atoms with Crippen molar-refractivity contribution in [2.75, 3.05) is 20.6 Å². The van der Waals surface area contributed by atoms with Gasteiger partial charge in [-0.15, -0.1) is 0 Å².